The van der Waals surface area contributed by atoms with Crippen LogP contribution in [0.25, 0.3) is 0 Å². The molecule has 1 unspecified atom stereocenters. The number of carboxylic acid groups (broad SMARTS) is 1. The van der Waals surface area contributed by atoms with Gasteiger partial charge in [-0.05, 0) is 37.1 Å². The van der Waals surface area contributed by atoms with Gasteiger partial charge in [0.1, 0.15) is 11.8 Å². The summed E-state index contributed by atoms with van der Waals surface area (Å²) in [6.45, 7) is 3.62. The second-order valence-electron chi connectivity index (χ2n) is 5.62. The molecular formula is C19H21NO4. The van der Waals surface area contributed by atoms with Crippen molar-refractivity contribution in [2.24, 2.45) is 0 Å². The van der Waals surface area contributed by atoms with E-state index >= 15 is 0 Å². The van der Waals surface area contributed by atoms with Gasteiger partial charge in [0.15, 0.2) is 0 Å². The Balaban J connectivity index is 2.35. The lowest BCUT2D eigenvalue weighted by Crippen LogP contribution is -2.42. The first kappa shape index (κ1) is 17.5. The van der Waals surface area contributed by atoms with Gasteiger partial charge in [0.25, 0.3) is 5.91 Å². The Kier molecular flexibility index (Phi) is 5.58. The highest BCUT2D eigenvalue weighted by Gasteiger charge is 2.27. The monoisotopic (exact) mass is 327 g/mol. The lowest BCUT2D eigenvalue weighted by atomic mass is 10.1. The van der Waals surface area contributed by atoms with Crippen molar-refractivity contribution in [2.45, 2.75) is 26.4 Å². The molecule has 0 aromatic heterocycles. The summed E-state index contributed by atoms with van der Waals surface area (Å²) in [7, 11) is 1.54. The van der Waals surface area contributed by atoms with Gasteiger partial charge in [-0.15, -0.1) is 0 Å². The Hall–Kier alpha value is -2.82. The summed E-state index contributed by atoms with van der Waals surface area (Å²) < 4.78 is 5.25. The van der Waals surface area contributed by atoms with Gasteiger partial charge in [-0.1, -0.05) is 36.4 Å². The number of amides is 1. The number of ether oxygens (including phenoxy) is 1. The van der Waals surface area contributed by atoms with Crippen molar-refractivity contribution in [3.05, 3.63) is 65.2 Å². The first-order chi connectivity index (χ1) is 11.4. The zero-order valence-electron chi connectivity index (χ0n) is 14.0. The van der Waals surface area contributed by atoms with E-state index in [9.17, 15) is 14.7 Å². The maximum Gasteiger partial charge on any atom is 0.326 e. The molecule has 126 valence electrons. The van der Waals surface area contributed by atoms with Gasteiger partial charge in [-0.3, -0.25) is 4.79 Å². The summed E-state index contributed by atoms with van der Waals surface area (Å²) in [6.07, 6.45) is 0. The molecule has 1 amide bonds. The quantitative estimate of drug-likeness (QED) is 0.885. The highest BCUT2D eigenvalue weighted by molar-refractivity contribution is 5.97. The van der Waals surface area contributed by atoms with Crippen molar-refractivity contribution in [1.82, 2.24) is 4.90 Å². The Morgan fingerprint density at radius 3 is 2.42 bits per heavy atom. The van der Waals surface area contributed by atoms with E-state index < -0.39 is 12.0 Å². The van der Waals surface area contributed by atoms with Crippen molar-refractivity contribution >= 4 is 11.9 Å². The summed E-state index contributed by atoms with van der Waals surface area (Å²) in [5, 5.41) is 9.35. The predicted molar refractivity (Wildman–Crippen MR) is 91.1 cm³/mol. The number of carboxylic acids is 1. The first-order valence-electron chi connectivity index (χ1n) is 7.66. The molecule has 5 nitrogen and oxygen atoms in total. The average molecular weight is 327 g/mol. The Morgan fingerprint density at radius 1 is 1.17 bits per heavy atom. The fourth-order valence-electron chi connectivity index (χ4n) is 2.42. The van der Waals surface area contributed by atoms with Gasteiger partial charge in [0.05, 0.1) is 7.11 Å². The van der Waals surface area contributed by atoms with Crippen molar-refractivity contribution in [1.29, 1.82) is 0 Å². The molecule has 0 aliphatic rings. The van der Waals surface area contributed by atoms with Crippen LogP contribution < -0.4 is 4.74 Å². The topological polar surface area (TPSA) is 66.8 Å². The van der Waals surface area contributed by atoms with E-state index in [0.29, 0.717) is 11.3 Å². The second kappa shape index (κ2) is 7.64. The Morgan fingerprint density at radius 2 is 1.83 bits per heavy atom. The van der Waals surface area contributed by atoms with E-state index in [2.05, 4.69) is 0 Å². The third-order valence-electron chi connectivity index (χ3n) is 3.94. The van der Waals surface area contributed by atoms with E-state index in [1.807, 2.05) is 37.3 Å². The van der Waals surface area contributed by atoms with Gasteiger partial charge in [0, 0.05) is 12.1 Å². The van der Waals surface area contributed by atoms with Crippen molar-refractivity contribution < 1.29 is 19.4 Å². The van der Waals surface area contributed by atoms with Crippen LogP contribution in [-0.4, -0.2) is 35.0 Å². The van der Waals surface area contributed by atoms with Crippen molar-refractivity contribution in [3.8, 4) is 5.75 Å². The van der Waals surface area contributed by atoms with Gasteiger partial charge in [-0.2, -0.15) is 0 Å². The highest BCUT2D eigenvalue weighted by Crippen LogP contribution is 2.21. The van der Waals surface area contributed by atoms with Crippen LogP contribution in [0.15, 0.2) is 48.5 Å². The molecule has 1 N–H and O–H groups in total. The van der Waals surface area contributed by atoms with E-state index in [-0.39, 0.29) is 12.5 Å². The number of hydrogen-bond acceptors (Lipinski definition) is 3. The maximum absolute atomic E-state index is 12.9. The largest absolute Gasteiger partial charge is 0.496 e. The molecule has 0 saturated carbocycles. The summed E-state index contributed by atoms with van der Waals surface area (Å²) in [6, 6.07) is 13.5. The molecule has 0 aliphatic heterocycles. The number of aliphatic carboxylic acids is 1. The van der Waals surface area contributed by atoms with E-state index in [1.54, 1.807) is 18.2 Å². The number of methoxy groups -OCH3 is 1. The first-order valence-corrected chi connectivity index (χ1v) is 7.66. The minimum absolute atomic E-state index is 0.226. The van der Waals surface area contributed by atoms with E-state index in [1.165, 1.54) is 18.9 Å². The van der Waals surface area contributed by atoms with Crippen LogP contribution in [0, 0.1) is 6.92 Å². The third-order valence-corrected chi connectivity index (χ3v) is 3.94. The fraction of sp³-hybridized carbons (Fsp3) is 0.263. The lowest BCUT2D eigenvalue weighted by molar-refractivity contribution is -0.141. The number of aryl methyl sites for hydroxylation is 1. The molecule has 5 heteroatoms. The summed E-state index contributed by atoms with van der Waals surface area (Å²) >= 11 is 0. The van der Waals surface area contributed by atoms with E-state index in [4.69, 9.17) is 4.74 Å². The molecule has 2 rings (SSSR count). The summed E-state index contributed by atoms with van der Waals surface area (Å²) in [5.41, 5.74) is 2.19. The third kappa shape index (κ3) is 3.93. The molecule has 0 fully saturated rings. The maximum atomic E-state index is 12.9. The van der Waals surface area contributed by atoms with Gasteiger partial charge < -0.3 is 14.7 Å². The average Bonchev–Trinajstić information content (AvgIpc) is 2.59. The second-order valence-corrected chi connectivity index (χ2v) is 5.62. The predicted octanol–water partition coefficient (Wildman–Crippen LogP) is 3.12. The van der Waals surface area contributed by atoms with Crippen LogP contribution in [0.3, 0.4) is 0 Å². The van der Waals surface area contributed by atoms with Crippen LogP contribution >= 0.6 is 0 Å². The van der Waals surface area contributed by atoms with Gasteiger partial charge in [-0.25, -0.2) is 4.79 Å². The normalized spacial score (nSPS) is 11.6. The zero-order chi connectivity index (χ0) is 17.7. The molecule has 0 aliphatic carbocycles. The molecule has 2 aromatic carbocycles. The minimum Gasteiger partial charge on any atom is -0.496 e. The fourth-order valence-corrected chi connectivity index (χ4v) is 2.42. The number of rotatable bonds is 6. The van der Waals surface area contributed by atoms with Crippen LogP contribution in [0.5, 0.6) is 5.75 Å². The smallest absolute Gasteiger partial charge is 0.326 e. The van der Waals surface area contributed by atoms with Crippen LogP contribution in [0.1, 0.15) is 28.4 Å². The van der Waals surface area contributed by atoms with Crippen molar-refractivity contribution in [3.63, 3.8) is 0 Å². The minimum atomic E-state index is -1.04. The molecule has 0 heterocycles. The standard InChI is InChI=1S/C19H21NO4/c1-13-9-10-16(11-17(13)24-3)18(21)20(14(2)19(22)23)12-15-7-5-4-6-8-15/h4-11,14H,12H2,1-3H3,(H,22,23). The van der Waals surface area contributed by atoms with Crippen LogP contribution in [0.4, 0.5) is 0 Å². The molecule has 0 radical (unpaired) electrons. The lowest BCUT2D eigenvalue weighted by Gasteiger charge is -2.27. The molecular weight excluding hydrogens is 306 g/mol. The molecule has 2 aromatic rings. The summed E-state index contributed by atoms with van der Waals surface area (Å²) in [4.78, 5) is 25.7. The van der Waals surface area contributed by atoms with Gasteiger partial charge >= 0.3 is 5.97 Å². The van der Waals surface area contributed by atoms with E-state index in [0.717, 1.165) is 11.1 Å². The van der Waals surface area contributed by atoms with Crippen LogP contribution in [0.2, 0.25) is 0 Å². The summed E-state index contributed by atoms with van der Waals surface area (Å²) in [5.74, 6) is -0.783. The molecule has 0 saturated heterocycles. The van der Waals surface area contributed by atoms with Gasteiger partial charge in [0.2, 0.25) is 0 Å². The Labute approximate surface area is 141 Å². The Bertz CT molecular complexity index is 727. The van der Waals surface area contributed by atoms with Crippen LogP contribution in [-0.2, 0) is 11.3 Å². The number of carbonyl (C=O) groups excluding carboxylic acids is 1. The number of hydrogen-bond donors (Lipinski definition) is 1. The number of nitrogens with zero attached hydrogens (tertiary/aromatic N) is 1. The number of carbonyl (C=O) groups is 2. The highest BCUT2D eigenvalue weighted by atomic mass is 16.5. The SMILES string of the molecule is COc1cc(C(=O)N(Cc2ccccc2)C(C)C(=O)O)ccc1C. The molecule has 24 heavy (non-hydrogen) atoms. The molecule has 1 atom stereocenters. The molecule has 0 bridgehead atoms. The molecule has 0 spiro atoms. The zero-order valence-corrected chi connectivity index (χ0v) is 14.0. The van der Waals surface area contributed by atoms with Crippen molar-refractivity contribution in [2.75, 3.05) is 7.11 Å². The number of benzene rings is 2.